The molecule has 2 fully saturated rings. The number of imide groups is 1. The molecule has 2 aromatic rings. The molecule has 2 aromatic carbocycles. The SMILES string of the molecule is CC[C@@H]1CCCC[NH+]1CN1C(=O)NC(Cc2ccccc2)(Cc2ccccc2)C1=O. The van der Waals surface area contributed by atoms with E-state index in [2.05, 4.69) is 12.2 Å². The number of urea groups is 1. The molecule has 158 valence electrons. The van der Waals surface area contributed by atoms with E-state index in [0.717, 1.165) is 30.5 Å². The van der Waals surface area contributed by atoms with Crippen molar-refractivity contribution in [3.05, 3.63) is 71.8 Å². The van der Waals surface area contributed by atoms with Gasteiger partial charge in [-0.05, 0) is 36.8 Å². The van der Waals surface area contributed by atoms with E-state index in [1.165, 1.54) is 22.6 Å². The quantitative estimate of drug-likeness (QED) is 0.695. The first kappa shape index (κ1) is 20.6. The van der Waals surface area contributed by atoms with Crippen LogP contribution in [0.1, 0.15) is 43.7 Å². The average molecular weight is 407 g/mol. The van der Waals surface area contributed by atoms with E-state index in [1.54, 1.807) is 0 Å². The van der Waals surface area contributed by atoms with Gasteiger partial charge in [0.15, 0.2) is 6.67 Å². The molecular weight excluding hydrogens is 374 g/mol. The first-order valence-electron chi connectivity index (χ1n) is 11.2. The summed E-state index contributed by atoms with van der Waals surface area (Å²) in [5, 5.41) is 3.11. The fourth-order valence-electron chi connectivity index (χ4n) is 5.07. The highest BCUT2D eigenvalue weighted by atomic mass is 16.2. The number of carbonyl (C=O) groups is 2. The normalized spacial score (nSPS) is 23.4. The van der Waals surface area contributed by atoms with Crippen molar-refractivity contribution in [2.75, 3.05) is 13.2 Å². The molecular formula is C25H32N3O2+. The molecule has 0 bridgehead atoms. The molecule has 0 aliphatic carbocycles. The highest BCUT2D eigenvalue weighted by molar-refractivity contribution is 6.07. The largest absolute Gasteiger partial charge is 0.329 e. The topological polar surface area (TPSA) is 53.9 Å². The number of nitrogens with zero attached hydrogens (tertiary/aromatic N) is 1. The third-order valence-electron chi connectivity index (χ3n) is 6.68. The molecule has 2 aliphatic rings. The van der Waals surface area contributed by atoms with Crippen LogP contribution in [-0.2, 0) is 17.6 Å². The Kier molecular flexibility index (Phi) is 6.18. The molecule has 2 saturated heterocycles. The number of benzene rings is 2. The first-order chi connectivity index (χ1) is 14.6. The fourth-order valence-corrected chi connectivity index (χ4v) is 5.07. The summed E-state index contributed by atoms with van der Waals surface area (Å²) >= 11 is 0. The van der Waals surface area contributed by atoms with E-state index in [9.17, 15) is 9.59 Å². The summed E-state index contributed by atoms with van der Waals surface area (Å²) < 4.78 is 0. The number of hydrogen-bond acceptors (Lipinski definition) is 2. The molecule has 1 unspecified atom stereocenters. The molecule has 0 aromatic heterocycles. The minimum atomic E-state index is -0.934. The monoisotopic (exact) mass is 406 g/mol. The van der Waals surface area contributed by atoms with Crippen molar-refractivity contribution in [2.45, 2.75) is 57.0 Å². The summed E-state index contributed by atoms with van der Waals surface area (Å²) in [5.74, 6) is -0.0897. The molecule has 4 rings (SSSR count). The molecule has 0 radical (unpaired) electrons. The van der Waals surface area contributed by atoms with E-state index < -0.39 is 5.54 Å². The Hall–Kier alpha value is -2.66. The first-order valence-corrected chi connectivity index (χ1v) is 11.2. The summed E-state index contributed by atoms with van der Waals surface area (Å²) in [7, 11) is 0. The van der Waals surface area contributed by atoms with Gasteiger partial charge in [0.2, 0.25) is 0 Å². The van der Waals surface area contributed by atoms with Gasteiger partial charge >= 0.3 is 6.03 Å². The lowest BCUT2D eigenvalue weighted by Gasteiger charge is -2.34. The summed E-state index contributed by atoms with van der Waals surface area (Å²) in [6.07, 6.45) is 5.66. The average Bonchev–Trinajstić information content (AvgIpc) is 2.99. The molecule has 2 heterocycles. The van der Waals surface area contributed by atoms with Gasteiger partial charge in [-0.3, -0.25) is 4.79 Å². The van der Waals surface area contributed by atoms with Crippen LogP contribution in [0.2, 0.25) is 0 Å². The molecule has 2 N–H and O–H groups in total. The van der Waals surface area contributed by atoms with Gasteiger partial charge in [-0.15, -0.1) is 0 Å². The van der Waals surface area contributed by atoms with Gasteiger partial charge < -0.3 is 10.2 Å². The number of amides is 3. The van der Waals surface area contributed by atoms with Crippen molar-refractivity contribution in [2.24, 2.45) is 0 Å². The lowest BCUT2D eigenvalue weighted by atomic mass is 9.84. The third-order valence-corrected chi connectivity index (χ3v) is 6.68. The number of hydrogen-bond donors (Lipinski definition) is 2. The van der Waals surface area contributed by atoms with Crippen LogP contribution in [0.3, 0.4) is 0 Å². The van der Waals surface area contributed by atoms with Crippen LogP contribution in [0.4, 0.5) is 4.79 Å². The van der Waals surface area contributed by atoms with Crippen LogP contribution in [0.25, 0.3) is 0 Å². The van der Waals surface area contributed by atoms with Crippen LogP contribution in [0.15, 0.2) is 60.7 Å². The zero-order valence-corrected chi connectivity index (χ0v) is 17.8. The molecule has 5 nitrogen and oxygen atoms in total. The summed E-state index contributed by atoms with van der Waals surface area (Å²) in [6, 6.07) is 20.2. The van der Waals surface area contributed by atoms with Crippen molar-refractivity contribution in [1.29, 1.82) is 0 Å². The Morgan fingerprint density at radius 3 is 2.13 bits per heavy atom. The van der Waals surface area contributed by atoms with Crippen LogP contribution in [-0.4, -0.2) is 41.6 Å². The number of carbonyl (C=O) groups excluding carboxylic acids is 2. The van der Waals surface area contributed by atoms with E-state index >= 15 is 0 Å². The van der Waals surface area contributed by atoms with E-state index in [4.69, 9.17) is 0 Å². The molecule has 0 saturated carbocycles. The maximum absolute atomic E-state index is 13.7. The van der Waals surface area contributed by atoms with E-state index in [1.807, 2.05) is 60.7 Å². The van der Waals surface area contributed by atoms with E-state index in [0.29, 0.717) is 25.6 Å². The maximum atomic E-state index is 13.7. The highest BCUT2D eigenvalue weighted by Gasteiger charge is 2.52. The Labute approximate surface area is 179 Å². The predicted octanol–water partition coefficient (Wildman–Crippen LogP) is 2.57. The van der Waals surface area contributed by atoms with Gasteiger partial charge in [-0.2, -0.15) is 0 Å². The Balaban J connectivity index is 1.61. The van der Waals surface area contributed by atoms with Crippen molar-refractivity contribution in [1.82, 2.24) is 10.2 Å². The molecule has 5 heteroatoms. The molecule has 0 spiro atoms. The van der Waals surface area contributed by atoms with Crippen molar-refractivity contribution < 1.29 is 14.5 Å². The second-order valence-electron chi connectivity index (χ2n) is 8.74. The number of quaternary nitrogens is 1. The molecule has 2 atom stereocenters. The van der Waals surface area contributed by atoms with Gasteiger partial charge in [0.25, 0.3) is 5.91 Å². The summed E-state index contributed by atoms with van der Waals surface area (Å²) in [4.78, 5) is 29.6. The molecule has 30 heavy (non-hydrogen) atoms. The van der Waals surface area contributed by atoms with Gasteiger partial charge in [0.1, 0.15) is 5.54 Å². The third kappa shape index (κ3) is 4.26. The number of nitrogens with one attached hydrogen (secondary N) is 2. The second kappa shape index (κ2) is 9.00. The van der Waals surface area contributed by atoms with Crippen LogP contribution >= 0.6 is 0 Å². The zero-order valence-electron chi connectivity index (χ0n) is 17.8. The Morgan fingerprint density at radius 1 is 0.967 bits per heavy atom. The number of piperidine rings is 1. The van der Waals surface area contributed by atoms with E-state index in [-0.39, 0.29) is 11.9 Å². The summed E-state index contributed by atoms with van der Waals surface area (Å²) in [6.45, 7) is 3.70. The second-order valence-corrected chi connectivity index (χ2v) is 8.74. The standard InChI is InChI=1S/C25H31N3O2/c1-2-22-15-9-10-16-27(22)19-28-23(29)25(26-24(28)30,17-20-11-5-3-6-12-20)18-21-13-7-4-8-14-21/h3-8,11-14,22H,2,9-10,15-19H2,1H3,(H,26,30)/p+1/t22-/m1/s1. The smallest absolute Gasteiger partial charge is 0.322 e. The van der Waals surface area contributed by atoms with Crippen molar-refractivity contribution in [3.8, 4) is 0 Å². The van der Waals surface area contributed by atoms with Crippen molar-refractivity contribution in [3.63, 3.8) is 0 Å². The van der Waals surface area contributed by atoms with Crippen LogP contribution < -0.4 is 10.2 Å². The molecule has 2 aliphatic heterocycles. The minimum Gasteiger partial charge on any atom is -0.322 e. The van der Waals surface area contributed by atoms with Gasteiger partial charge in [-0.25, -0.2) is 9.69 Å². The number of rotatable bonds is 7. The Morgan fingerprint density at radius 2 is 1.57 bits per heavy atom. The zero-order chi connectivity index (χ0) is 21.0. The predicted molar refractivity (Wildman–Crippen MR) is 117 cm³/mol. The van der Waals surface area contributed by atoms with Crippen LogP contribution in [0.5, 0.6) is 0 Å². The Bertz CT molecular complexity index is 827. The minimum absolute atomic E-state index is 0.0897. The van der Waals surface area contributed by atoms with Crippen LogP contribution in [0, 0.1) is 0 Å². The highest BCUT2D eigenvalue weighted by Crippen LogP contribution is 2.27. The van der Waals surface area contributed by atoms with Gasteiger partial charge in [-0.1, -0.05) is 67.6 Å². The maximum Gasteiger partial charge on any atom is 0.329 e. The van der Waals surface area contributed by atoms with Gasteiger partial charge in [0.05, 0.1) is 12.6 Å². The fraction of sp³-hybridized carbons (Fsp3) is 0.440. The number of likely N-dealkylation sites (tertiary alicyclic amines) is 1. The van der Waals surface area contributed by atoms with Crippen molar-refractivity contribution >= 4 is 11.9 Å². The lowest BCUT2D eigenvalue weighted by Crippen LogP contribution is -3.18. The van der Waals surface area contributed by atoms with Gasteiger partial charge in [0, 0.05) is 12.8 Å². The summed E-state index contributed by atoms with van der Waals surface area (Å²) in [5.41, 5.74) is 1.18. The molecule has 3 amide bonds. The lowest BCUT2D eigenvalue weighted by molar-refractivity contribution is -0.937.